The highest BCUT2D eigenvalue weighted by Crippen LogP contribution is 2.15. The molecule has 0 aliphatic heterocycles. The summed E-state index contributed by atoms with van der Waals surface area (Å²) >= 11 is 0. The summed E-state index contributed by atoms with van der Waals surface area (Å²) in [7, 11) is 0. The van der Waals surface area contributed by atoms with Gasteiger partial charge in [-0.3, -0.25) is 0 Å². The Balaban J connectivity index is 3.87. The molecule has 0 radical (unpaired) electrons. The van der Waals surface area contributed by atoms with Crippen LogP contribution in [0.15, 0.2) is 23.5 Å². The molecule has 0 heterocycles. The van der Waals surface area contributed by atoms with Crippen LogP contribution in [-0.2, 0) is 4.74 Å². The monoisotopic (exact) mass is 196 g/mol. The number of ether oxygens (including phenoxy) is 1. The molecule has 1 nitrogen and oxygen atoms in total. The fourth-order valence-electron chi connectivity index (χ4n) is 1.24. The summed E-state index contributed by atoms with van der Waals surface area (Å²) in [5.74, 6) is 1.17. The van der Waals surface area contributed by atoms with Gasteiger partial charge in [-0.05, 0) is 45.6 Å². The first-order chi connectivity index (χ1) is 6.57. The van der Waals surface area contributed by atoms with E-state index >= 15 is 0 Å². The van der Waals surface area contributed by atoms with Gasteiger partial charge in [-0.2, -0.15) is 0 Å². The normalized spacial score (nSPS) is 9.71. The van der Waals surface area contributed by atoms with Crippen molar-refractivity contribution in [2.45, 2.75) is 53.4 Å². The van der Waals surface area contributed by atoms with Gasteiger partial charge in [0.1, 0.15) is 0 Å². The molecule has 0 fully saturated rings. The minimum Gasteiger partial charge on any atom is -0.498 e. The van der Waals surface area contributed by atoms with Gasteiger partial charge in [-0.15, -0.1) is 6.58 Å². The first-order valence-corrected chi connectivity index (χ1v) is 5.51. The highest BCUT2D eigenvalue weighted by atomic mass is 16.5. The van der Waals surface area contributed by atoms with E-state index in [1.807, 2.05) is 0 Å². The van der Waals surface area contributed by atoms with Crippen LogP contribution >= 0.6 is 0 Å². The lowest BCUT2D eigenvalue weighted by molar-refractivity contribution is 0.197. The molecular weight excluding hydrogens is 172 g/mol. The molecule has 0 aromatic carbocycles. The largest absolute Gasteiger partial charge is 0.498 e. The van der Waals surface area contributed by atoms with Gasteiger partial charge >= 0.3 is 0 Å². The SMILES string of the molecule is C=C(C)CCCC(OCCC)=C(C)C. The Morgan fingerprint density at radius 3 is 2.21 bits per heavy atom. The second-order valence-corrected chi connectivity index (χ2v) is 4.08. The zero-order valence-corrected chi connectivity index (χ0v) is 10.2. The third-order valence-electron chi connectivity index (χ3n) is 2.05. The summed E-state index contributed by atoms with van der Waals surface area (Å²) in [6, 6.07) is 0. The van der Waals surface area contributed by atoms with Crippen molar-refractivity contribution in [1.82, 2.24) is 0 Å². The van der Waals surface area contributed by atoms with Gasteiger partial charge in [0.2, 0.25) is 0 Å². The molecule has 82 valence electrons. The lowest BCUT2D eigenvalue weighted by Gasteiger charge is -2.11. The van der Waals surface area contributed by atoms with Gasteiger partial charge in [0.25, 0.3) is 0 Å². The summed E-state index contributed by atoms with van der Waals surface area (Å²) in [5.41, 5.74) is 2.56. The van der Waals surface area contributed by atoms with E-state index in [2.05, 4.69) is 34.3 Å². The van der Waals surface area contributed by atoms with E-state index in [-0.39, 0.29) is 0 Å². The van der Waals surface area contributed by atoms with Crippen molar-refractivity contribution >= 4 is 0 Å². The van der Waals surface area contributed by atoms with Crippen molar-refractivity contribution in [2.75, 3.05) is 6.61 Å². The smallest absolute Gasteiger partial charge is 0.0946 e. The van der Waals surface area contributed by atoms with Crippen molar-refractivity contribution in [3.63, 3.8) is 0 Å². The third-order valence-corrected chi connectivity index (χ3v) is 2.05. The van der Waals surface area contributed by atoms with Gasteiger partial charge in [0.15, 0.2) is 0 Å². The molecule has 0 saturated heterocycles. The van der Waals surface area contributed by atoms with E-state index in [9.17, 15) is 0 Å². The number of hydrogen-bond donors (Lipinski definition) is 0. The maximum absolute atomic E-state index is 5.68. The molecule has 0 amide bonds. The molecule has 14 heavy (non-hydrogen) atoms. The number of allylic oxidation sites excluding steroid dienone is 3. The van der Waals surface area contributed by atoms with Gasteiger partial charge < -0.3 is 4.74 Å². The summed E-state index contributed by atoms with van der Waals surface area (Å²) < 4.78 is 5.68. The topological polar surface area (TPSA) is 9.23 Å². The van der Waals surface area contributed by atoms with Crippen LogP contribution in [0.2, 0.25) is 0 Å². The van der Waals surface area contributed by atoms with E-state index < -0.39 is 0 Å². The van der Waals surface area contributed by atoms with Crippen LogP contribution in [0.3, 0.4) is 0 Å². The third kappa shape index (κ3) is 6.76. The van der Waals surface area contributed by atoms with E-state index in [4.69, 9.17) is 4.74 Å². The Morgan fingerprint density at radius 2 is 1.79 bits per heavy atom. The lowest BCUT2D eigenvalue weighted by Crippen LogP contribution is -1.96. The lowest BCUT2D eigenvalue weighted by atomic mass is 10.1. The molecule has 0 saturated carbocycles. The zero-order valence-electron chi connectivity index (χ0n) is 10.2. The molecule has 0 aliphatic carbocycles. The average Bonchev–Trinajstić information content (AvgIpc) is 2.09. The molecule has 0 unspecified atom stereocenters. The van der Waals surface area contributed by atoms with Gasteiger partial charge in [0.05, 0.1) is 12.4 Å². The van der Waals surface area contributed by atoms with Gasteiger partial charge in [-0.25, -0.2) is 0 Å². The predicted molar refractivity (Wildman–Crippen MR) is 63.3 cm³/mol. The maximum Gasteiger partial charge on any atom is 0.0946 e. The van der Waals surface area contributed by atoms with E-state index in [0.29, 0.717) is 0 Å². The molecule has 0 atom stereocenters. The highest BCUT2D eigenvalue weighted by molar-refractivity contribution is 5.03. The van der Waals surface area contributed by atoms with Crippen LogP contribution in [0.1, 0.15) is 53.4 Å². The molecule has 0 bridgehead atoms. The van der Waals surface area contributed by atoms with E-state index in [1.165, 1.54) is 16.9 Å². The van der Waals surface area contributed by atoms with Gasteiger partial charge in [0, 0.05) is 6.42 Å². The predicted octanol–water partition coefficient (Wildman–Crippen LogP) is 4.45. The second kappa shape index (κ2) is 7.66. The minimum absolute atomic E-state index is 0.841. The van der Waals surface area contributed by atoms with Crippen LogP contribution in [0.4, 0.5) is 0 Å². The van der Waals surface area contributed by atoms with Crippen LogP contribution in [0.25, 0.3) is 0 Å². The second-order valence-electron chi connectivity index (χ2n) is 4.08. The van der Waals surface area contributed by atoms with Crippen molar-refractivity contribution in [3.8, 4) is 0 Å². The van der Waals surface area contributed by atoms with Crippen molar-refractivity contribution < 1.29 is 4.74 Å². The summed E-state index contributed by atoms with van der Waals surface area (Å²) in [6.07, 6.45) is 4.39. The summed E-state index contributed by atoms with van der Waals surface area (Å²) in [5, 5.41) is 0. The quantitative estimate of drug-likeness (QED) is 0.431. The van der Waals surface area contributed by atoms with Crippen molar-refractivity contribution in [3.05, 3.63) is 23.5 Å². The molecule has 1 heteroatoms. The highest BCUT2D eigenvalue weighted by Gasteiger charge is 2.00. The average molecular weight is 196 g/mol. The Kier molecular flexibility index (Phi) is 7.27. The zero-order chi connectivity index (χ0) is 11.0. The van der Waals surface area contributed by atoms with Crippen molar-refractivity contribution in [2.24, 2.45) is 0 Å². The van der Waals surface area contributed by atoms with Crippen LogP contribution in [0.5, 0.6) is 0 Å². The van der Waals surface area contributed by atoms with Crippen LogP contribution in [-0.4, -0.2) is 6.61 Å². The first-order valence-electron chi connectivity index (χ1n) is 5.51. The Hall–Kier alpha value is -0.720. The first kappa shape index (κ1) is 13.3. The standard InChI is InChI=1S/C13H24O/c1-6-10-14-13(12(4)5)9-7-8-11(2)3/h2,6-10H2,1,3-5H3. The minimum atomic E-state index is 0.841. The fraction of sp³-hybridized carbons (Fsp3) is 0.692. The van der Waals surface area contributed by atoms with Crippen LogP contribution in [0, 0.1) is 0 Å². The fourth-order valence-corrected chi connectivity index (χ4v) is 1.24. The maximum atomic E-state index is 5.68. The summed E-state index contributed by atoms with van der Waals surface area (Å²) in [6.45, 7) is 13.2. The Morgan fingerprint density at radius 1 is 1.14 bits per heavy atom. The number of rotatable bonds is 7. The van der Waals surface area contributed by atoms with E-state index in [1.54, 1.807) is 0 Å². The molecule has 0 aromatic rings. The summed E-state index contributed by atoms with van der Waals surface area (Å²) in [4.78, 5) is 0. The van der Waals surface area contributed by atoms with Crippen molar-refractivity contribution in [1.29, 1.82) is 0 Å². The van der Waals surface area contributed by atoms with Crippen LogP contribution < -0.4 is 0 Å². The molecule has 0 N–H and O–H groups in total. The Bertz CT molecular complexity index is 197. The van der Waals surface area contributed by atoms with Gasteiger partial charge in [-0.1, -0.05) is 12.5 Å². The molecule has 0 aliphatic rings. The Labute approximate surface area is 88.9 Å². The van der Waals surface area contributed by atoms with E-state index in [0.717, 1.165) is 32.3 Å². The molecule has 0 rings (SSSR count). The molecule has 0 aromatic heterocycles. The number of hydrogen-bond acceptors (Lipinski definition) is 1. The molecular formula is C13H24O. The molecule has 0 spiro atoms.